The van der Waals surface area contributed by atoms with Gasteiger partial charge in [-0.3, -0.25) is 0 Å². The van der Waals surface area contributed by atoms with E-state index in [1.165, 1.54) is 12.1 Å². The van der Waals surface area contributed by atoms with Gasteiger partial charge in [0.2, 0.25) is 0 Å². The van der Waals surface area contributed by atoms with Crippen LogP contribution >= 0.6 is 0 Å². The molecule has 1 heterocycles. The number of rotatable bonds is 3. The molecule has 1 aromatic carbocycles. The van der Waals surface area contributed by atoms with Gasteiger partial charge in [0.05, 0.1) is 0 Å². The molecule has 1 fully saturated rings. The maximum Gasteiger partial charge on any atom is 0.140 e. The van der Waals surface area contributed by atoms with Crippen LogP contribution in [-0.4, -0.2) is 17.8 Å². The molecule has 0 saturated heterocycles. The summed E-state index contributed by atoms with van der Waals surface area (Å²) in [6.07, 6.45) is 1.87. The number of ether oxygens (including phenoxy) is 1. The molecular formula is C14H15FO3. The van der Waals surface area contributed by atoms with Gasteiger partial charge in [-0.1, -0.05) is 0 Å². The van der Waals surface area contributed by atoms with Crippen molar-refractivity contribution in [3.05, 3.63) is 35.8 Å². The lowest BCUT2D eigenvalue weighted by molar-refractivity contribution is -0.157. The number of fused-ring (bicyclic) bond motifs is 1. The summed E-state index contributed by atoms with van der Waals surface area (Å²) in [4.78, 5) is 0. The first-order valence-electron chi connectivity index (χ1n) is 6.07. The smallest absolute Gasteiger partial charge is 0.140 e. The van der Waals surface area contributed by atoms with Crippen molar-refractivity contribution in [2.75, 3.05) is 7.11 Å². The van der Waals surface area contributed by atoms with E-state index in [-0.39, 0.29) is 5.82 Å². The van der Waals surface area contributed by atoms with Crippen LogP contribution in [0.15, 0.2) is 28.7 Å². The molecule has 0 aliphatic heterocycles. The van der Waals surface area contributed by atoms with Gasteiger partial charge < -0.3 is 14.3 Å². The average Bonchev–Trinajstić information content (AvgIpc) is 2.70. The molecular weight excluding hydrogens is 235 g/mol. The Morgan fingerprint density at radius 1 is 1.39 bits per heavy atom. The lowest BCUT2D eigenvalue weighted by Crippen LogP contribution is -2.44. The number of benzene rings is 1. The first kappa shape index (κ1) is 11.7. The Labute approximate surface area is 104 Å². The van der Waals surface area contributed by atoms with E-state index in [2.05, 4.69) is 0 Å². The second-order valence-electron chi connectivity index (χ2n) is 4.86. The summed E-state index contributed by atoms with van der Waals surface area (Å²) < 4.78 is 24.1. The minimum Gasteiger partial charge on any atom is -0.458 e. The first-order valence-corrected chi connectivity index (χ1v) is 6.07. The van der Waals surface area contributed by atoms with Crippen LogP contribution in [0, 0.1) is 5.82 Å². The van der Waals surface area contributed by atoms with Gasteiger partial charge in [-0.05, 0) is 43.5 Å². The molecule has 0 amide bonds. The van der Waals surface area contributed by atoms with Gasteiger partial charge in [0, 0.05) is 12.5 Å². The van der Waals surface area contributed by atoms with Crippen molar-refractivity contribution in [3.8, 4) is 0 Å². The van der Waals surface area contributed by atoms with Crippen LogP contribution in [0.25, 0.3) is 11.0 Å². The zero-order valence-corrected chi connectivity index (χ0v) is 10.1. The summed E-state index contributed by atoms with van der Waals surface area (Å²) in [5.41, 5.74) is 0.0444. The van der Waals surface area contributed by atoms with E-state index in [4.69, 9.17) is 9.15 Å². The van der Waals surface area contributed by atoms with Crippen molar-refractivity contribution >= 4 is 11.0 Å². The summed E-state index contributed by atoms with van der Waals surface area (Å²) in [7, 11) is 1.60. The third-order valence-electron chi connectivity index (χ3n) is 3.87. The van der Waals surface area contributed by atoms with Gasteiger partial charge in [-0.25, -0.2) is 4.39 Å². The first-order chi connectivity index (χ1) is 8.64. The third kappa shape index (κ3) is 1.64. The summed E-state index contributed by atoms with van der Waals surface area (Å²) in [6.45, 7) is 0. The van der Waals surface area contributed by atoms with Gasteiger partial charge in [0.1, 0.15) is 28.9 Å². The third-order valence-corrected chi connectivity index (χ3v) is 3.87. The summed E-state index contributed by atoms with van der Waals surface area (Å²) in [5.74, 6) is 0.131. The Bertz CT molecular complexity index is 566. The topological polar surface area (TPSA) is 42.6 Å². The largest absolute Gasteiger partial charge is 0.458 e. The SMILES string of the molecule is COC1(C(O)c2cc3cc(F)ccc3o2)CCC1. The van der Waals surface area contributed by atoms with Gasteiger partial charge in [0.25, 0.3) is 0 Å². The van der Waals surface area contributed by atoms with Gasteiger partial charge >= 0.3 is 0 Å². The Hall–Kier alpha value is -1.39. The lowest BCUT2D eigenvalue weighted by Gasteiger charge is -2.43. The molecule has 1 saturated carbocycles. The maximum atomic E-state index is 13.1. The Balaban J connectivity index is 1.98. The fraction of sp³-hybridized carbons (Fsp3) is 0.429. The van der Waals surface area contributed by atoms with Crippen LogP contribution in [0.3, 0.4) is 0 Å². The van der Waals surface area contributed by atoms with E-state index in [9.17, 15) is 9.50 Å². The standard InChI is InChI=1S/C14H15FO3/c1-17-14(5-2-6-14)13(16)12-8-9-7-10(15)3-4-11(9)18-12/h3-4,7-8,13,16H,2,5-6H2,1H3. The van der Waals surface area contributed by atoms with Crippen LogP contribution < -0.4 is 0 Å². The molecule has 0 bridgehead atoms. The summed E-state index contributed by atoms with van der Waals surface area (Å²) in [5, 5.41) is 11.0. The minimum atomic E-state index is -0.799. The normalized spacial score (nSPS) is 19.7. The van der Waals surface area contributed by atoms with Crippen LogP contribution in [0.1, 0.15) is 31.1 Å². The van der Waals surface area contributed by atoms with Crippen LogP contribution in [0.4, 0.5) is 4.39 Å². The molecule has 1 atom stereocenters. The fourth-order valence-corrected chi connectivity index (χ4v) is 2.54. The van der Waals surface area contributed by atoms with Crippen molar-refractivity contribution in [1.29, 1.82) is 0 Å². The van der Waals surface area contributed by atoms with Crippen molar-refractivity contribution < 1.29 is 18.7 Å². The highest BCUT2D eigenvalue weighted by Gasteiger charge is 2.46. The molecule has 1 unspecified atom stereocenters. The number of halogens is 1. The molecule has 18 heavy (non-hydrogen) atoms. The Kier molecular flexibility index (Phi) is 2.64. The monoisotopic (exact) mass is 250 g/mol. The highest BCUT2D eigenvalue weighted by Crippen LogP contribution is 2.45. The van der Waals surface area contributed by atoms with Gasteiger partial charge in [-0.15, -0.1) is 0 Å². The molecule has 0 spiro atoms. The average molecular weight is 250 g/mol. The predicted molar refractivity (Wildman–Crippen MR) is 64.7 cm³/mol. The van der Waals surface area contributed by atoms with Crippen molar-refractivity contribution in [1.82, 2.24) is 0 Å². The zero-order valence-electron chi connectivity index (χ0n) is 10.1. The molecule has 1 aromatic heterocycles. The predicted octanol–water partition coefficient (Wildman–Crippen LogP) is 3.17. The summed E-state index contributed by atoms with van der Waals surface area (Å²) in [6, 6.07) is 6.00. The van der Waals surface area contributed by atoms with Gasteiger partial charge in [0.15, 0.2) is 0 Å². The van der Waals surface area contributed by atoms with E-state index in [1.54, 1.807) is 19.2 Å². The number of methoxy groups -OCH3 is 1. The molecule has 96 valence electrons. The van der Waals surface area contributed by atoms with Gasteiger partial charge in [-0.2, -0.15) is 0 Å². The number of aliphatic hydroxyl groups excluding tert-OH is 1. The van der Waals surface area contributed by atoms with Crippen molar-refractivity contribution in [2.24, 2.45) is 0 Å². The second kappa shape index (κ2) is 4.07. The maximum absolute atomic E-state index is 13.1. The van der Waals surface area contributed by atoms with Crippen molar-refractivity contribution in [3.63, 3.8) is 0 Å². The quantitative estimate of drug-likeness (QED) is 0.909. The van der Waals surface area contributed by atoms with Crippen molar-refractivity contribution in [2.45, 2.75) is 31.0 Å². The Morgan fingerprint density at radius 2 is 2.17 bits per heavy atom. The molecule has 3 rings (SSSR count). The number of aliphatic hydroxyl groups is 1. The highest BCUT2D eigenvalue weighted by atomic mass is 19.1. The Morgan fingerprint density at radius 3 is 2.78 bits per heavy atom. The molecule has 0 radical (unpaired) electrons. The van der Waals surface area contributed by atoms with Crippen LogP contribution in [0.2, 0.25) is 0 Å². The van der Waals surface area contributed by atoms with E-state index < -0.39 is 11.7 Å². The van der Waals surface area contributed by atoms with E-state index in [0.717, 1.165) is 19.3 Å². The molecule has 4 heteroatoms. The van der Waals surface area contributed by atoms with E-state index in [1.807, 2.05) is 0 Å². The van der Waals surface area contributed by atoms with Crippen LogP contribution in [-0.2, 0) is 4.74 Å². The molecule has 1 aliphatic rings. The zero-order chi connectivity index (χ0) is 12.8. The minimum absolute atomic E-state index is 0.311. The van der Waals surface area contributed by atoms with E-state index >= 15 is 0 Å². The molecule has 1 N–H and O–H groups in total. The fourth-order valence-electron chi connectivity index (χ4n) is 2.54. The summed E-state index contributed by atoms with van der Waals surface area (Å²) >= 11 is 0. The number of hydrogen-bond donors (Lipinski definition) is 1. The van der Waals surface area contributed by atoms with E-state index in [0.29, 0.717) is 16.7 Å². The molecule has 2 aromatic rings. The number of hydrogen-bond acceptors (Lipinski definition) is 3. The number of furan rings is 1. The second-order valence-corrected chi connectivity index (χ2v) is 4.86. The molecule has 1 aliphatic carbocycles. The van der Waals surface area contributed by atoms with Crippen LogP contribution in [0.5, 0.6) is 0 Å². The molecule has 3 nitrogen and oxygen atoms in total. The highest BCUT2D eigenvalue weighted by molar-refractivity contribution is 5.78. The lowest BCUT2D eigenvalue weighted by atomic mass is 9.75.